The topological polar surface area (TPSA) is 63.6 Å². The van der Waals surface area contributed by atoms with E-state index in [-0.39, 0.29) is 11.1 Å². The standard InChI is InChI=1S/C11H16O4.C8H8/c1-4-5-6-15-11(14)9(3)7-8(2)10(12)13;1-2-8-6-4-3-5-7-8/h7H,3-6H2,1-2H3,(H,12,13);2-7H,1H2. The zero-order valence-electron chi connectivity index (χ0n) is 13.7. The van der Waals surface area contributed by atoms with E-state index in [4.69, 9.17) is 9.84 Å². The van der Waals surface area contributed by atoms with Gasteiger partial charge in [0.25, 0.3) is 0 Å². The highest BCUT2D eigenvalue weighted by molar-refractivity contribution is 5.94. The molecule has 124 valence electrons. The molecule has 1 rings (SSSR count). The number of esters is 1. The Morgan fingerprint density at radius 3 is 2.30 bits per heavy atom. The minimum Gasteiger partial charge on any atom is -0.478 e. The van der Waals surface area contributed by atoms with Crippen LogP contribution in [0.2, 0.25) is 0 Å². The van der Waals surface area contributed by atoms with Gasteiger partial charge in [-0.1, -0.05) is 62.9 Å². The van der Waals surface area contributed by atoms with Crippen molar-refractivity contribution in [3.8, 4) is 0 Å². The van der Waals surface area contributed by atoms with Crippen LogP contribution < -0.4 is 0 Å². The summed E-state index contributed by atoms with van der Waals surface area (Å²) in [6.45, 7) is 10.8. The van der Waals surface area contributed by atoms with Gasteiger partial charge in [0.2, 0.25) is 0 Å². The number of aliphatic carboxylic acids is 1. The summed E-state index contributed by atoms with van der Waals surface area (Å²) in [5.41, 5.74) is 1.30. The van der Waals surface area contributed by atoms with Crippen LogP contribution in [0.1, 0.15) is 32.3 Å². The Morgan fingerprint density at radius 2 is 1.87 bits per heavy atom. The average molecular weight is 316 g/mol. The zero-order chi connectivity index (χ0) is 17.7. The third-order valence-electron chi connectivity index (χ3n) is 2.76. The fourth-order valence-corrected chi connectivity index (χ4v) is 1.37. The van der Waals surface area contributed by atoms with Crippen LogP contribution in [0.4, 0.5) is 0 Å². The molecule has 0 radical (unpaired) electrons. The number of ether oxygens (including phenoxy) is 1. The highest BCUT2D eigenvalue weighted by Gasteiger charge is 2.08. The molecule has 0 amide bonds. The van der Waals surface area contributed by atoms with Gasteiger partial charge in [-0.3, -0.25) is 0 Å². The molecule has 1 N–H and O–H groups in total. The van der Waals surface area contributed by atoms with Crippen LogP contribution in [0.3, 0.4) is 0 Å². The molecule has 0 saturated carbocycles. The Bertz CT molecular complexity index is 556. The molecule has 0 spiro atoms. The molecule has 0 bridgehead atoms. The number of hydrogen-bond acceptors (Lipinski definition) is 3. The van der Waals surface area contributed by atoms with Gasteiger partial charge in [0.1, 0.15) is 0 Å². The van der Waals surface area contributed by atoms with E-state index in [2.05, 4.69) is 13.2 Å². The maximum absolute atomic E-state index is 11.2. The fraction of sp³-hybridized carbons (Fsp3) is 0.263. The summed E-state index contributed by atoms with van der Waals surface area (Å²) in [5.74, 6) is -1.64. The van der Waals surface area contributed by atoms with Crippen LogP contribution in [-0.2, 0) is 14.3 Å². The van der Waals surface area contributed by atoms with Crippen molar-refractivity contribution in [3.63, 3.8) is 0 Å². The second-order valence-electron chi connectivity index (χ2n) is 4.76. The molecule has 0 unspecified atom stereocenters. The maximum Gasteiger partial charge on any atom is 0.337 e. The number of benzene rings is 1. The molecule has 4 heteroatoms. The Morgan fingerprint density at radius 1 is 1.26 bits per heavy atom. The molecule has 0 aliphatic rings. The van der Waals surface area contributed by atoms with Crippen LogP contribution in [0.25, 0.3) is 6.08 Å². The van der Waals surface area contributed by atoms with Crippen molar-refractivity contribution in [1.29, 1.82) is 0 Å². The number of carbonyl (C=O) groups is 2. The van der Waals surface area contributed by atoms with Gasteiger partial charge in [-0.25, -0.2) is 9.59 Å². The van der Waals surface area contributed by atoms with E-state index in [0.717, 1.165) is 12.8 Å². The quantitative estimate of drug-likeness (QED) is 0.353. The van der Waals surface area contributed by atoms with Gasteiger partial charge in [-0.15, -0.1) is 0 Å². The van der Waals surface area contributed by atoms with E-state index < -0.39 is 11.9 Å². The first-order valence-corrected chi connectivity index (χ1v) is 7.37. The Balaban J connectivity index is 0.000000502. The second kappa shape index (κ2) is 12.0. The predicted molar refractivity (Wildman–Crippen MR) is 92.9 cm³/mol. The predicted octanol–water partition coefficient (Wildman–Crippen LogP) is 4.25. The minimum absolute atomic E-state index is 0.0611. The molecular weight excluding hydrogens is 292 g/mol. The molecule has 0 aliphatic carbocycles. The van der Waals surface area contributed by atoms with Gasteiger partial charge in [0.05, 0.1) is 12.2 Å². The van der Waals surface area contributed by atoms with E-state index in [1.165, 1.54) is 18.6 Å². The Labute approximate surface area is 137 Å². The summed E-state index contributed by atoms with van der Waals surface area (Å²) in [6.07, 6.45) is 4.76. The van der Waals surface area contributed by atoms with E-state index >= 15 is 0 Å². The van der Waals surface area contributed by atoms with Crippen LogP contribution >= 0.6 is 0 Å². The van der Waals surface area contributed by atoms with Crippen LogP contribution in [0.15, 0.2) is 60.7 Å². The minimum atomic E-state index is -1.07. The maximum atomic E-state index is 11.2. The molecular formula is C19H24O4. The van der Waals surface area contributed by atoms with Crippen molar-refractivity contribution in [3.05, 3.63) is 66.3 Å². The number of carboxylic acid groups (broad SMARTS) is 1. The summed E-state index contributed by atoms with van der Waals surface area (Å²) in [6, 6.07) is 10.0. The van der Waals surface area contributed by atoms with Crippen molar-refractivity contribution in [2.45, 2.75) is 26.7 Å². The van der Waals surface area contributed by atoms with E-state index in [0.29, 0.717) is 6.61 Å². The molecule has 1 aromatic rings. The first kappa shape index (κ1) is 20.4. The lowest BCUT2D eigenvalue weighted by atomic mass is 10.2. The average Bonchev–Trinajstić information content (AvgIpc) is 2.56. The molecule has 0 atom stereocenters. The SMILES string of the molecule is C=C(C=C(C)C(=O)O)C(=O)OCCCC.C=Cc1ccccc1. The van der Waals surface area contributed by atoms with Crippen molar-refractivity contribution in [1.82, 2.24) is 0 Å². The number of carbonyl (C=O) groups excluding carboxylic acids is 1. The summed E-state index contributed by atoms with van der Waals surface area (Å²) in [5, 5.41) is 8.57. The number of carboxylic acids is 1. The van der Waals surface area contributed by atoms with Crippen molar-refractivity contribution in [2.75, 3.05) is 6.61 Å². The van der Waals surface area contributed by atoms with Crippen LogP contribution in [-0.4, -0.2) is 23.7 Å². The van der Waals surface area contributed by atoms with Gasteiger partial charge in [0.15, 0.2) is 0 Å². The molecule has 0 fully saturated rings. The summed E-state index contributed by atoms with van der Waals surface area (Å²) < 4.78 is 4.85. The Hall–Kier alpha value is -2.62. The van der Waals surface area contributed by atoms with Crippen LogP contribution in [0.5, 0.6) is 0 Å². The first-order chi connectivity index (χ1) is 10.9. The highest BCUT2D eigenvalue weighted by Crippen LogP contribution is 2.03. The second-order valence-corrected chi connectivity index (χ2v) is 4.76. The van der Waals surface area contributed by atoms with E-state index in [1.54, 1.807) is 0 Å². The van der Waals surface area contributed by atoms with Gasteiger partial charge < -0.3 is 9.84 Å². The molecule has 23 heavy (non-hydrogen) atoms. The number of unbranched alkanes of at least 4 members (excludes halogenated alkanes) is 1. The van der Waals surface area contributed by atoms with E-state index in [9.17, 15) is 9.59 Å². The summed E-state index contributed by atoms with van der Waals surface area (Å²) >= 11 is 0. The van der Waals surface area contributed by atoms with Gasteiger partial charge >= 0.3 is 11.9 Å². The fourth-order valence-electron chi connectivity index (χ4n) is 1.37. The van der Waals surface area contributed by atoms with Crippen LogP contribution in [0, 0.1) is 0 Å². The zero-order valence-corrected chi connectivity index (χ0v) is 13.7. The Kier molecular flexibility index (Phi) is 10.6. The third-order valence-corrected chi connectivity index (χ3v) is 2.76. The first-order valence-electron chi connectivity index (χ1n) is 7.37. The van der Waals surface area contributed by atoms with Crippen molar-refractivity contribution in [2.24, 2.45) is 0 Å². The van der Waals surface area contributed by atoms with Crippen molar-refractivity contribution >= 4 is 18.0 Å². The smallest absolute Gasteiger partial charge is 0.337 e. The van der Waals surface area contributed by atoms with Gasteiger partial charge in [0, 0.05) is 5.57 Å². The molecule has 0 saturated heterocycles. The van der Waals surface area contributed by atoms with E-state index in [1.807, 2.05) is 43.3 Å². The molecule has 0 aromatic heterocycles. The summed E-state index contributed by atoms with van der Waals surface area (Å²) in [4.78, 5) is 21.7. The lowest BCUT2D eigenvalue weighted by Gasteiger charge is -2.03. The number of rotatable bonds is 7. The largest absolute Gasteiger partial charge is 0.478 e. The van der Waals surface area contributed by atoms with Gasteiger partial charge in [-0.05, 0) is 25.0 Å². The molecule has 4 nitrogen and oxygen atoms in total. The lowest BCUT2D eigenvalue weighted by molar-refractivity contribution is -0.138. The normalized spacial score (nSPS) is 10.1. The lowest BCUT2D eigenvalue weighted by Crippen LogP contribution is -2.08. The van der Waals surface area contributed by atoms with Crippen molar-refractivity contribution < 1.29 is 19.4 Å². The summed E-state index contributed by atoms with van der Waals surface area (Å²) in [7, 11) is 0. The molecule has 1 aromatic carbocycles. The molecule has 0 aliphatic heterocycles. The van der Waals surface area contributed by atoms with Gasteiger partial charge in [-0.2, -0.15) is 0 Å². The third kappa shape index (κ3) is 9.85. The monoisotopic (exact) mass is 316 g/mol. The highest BCUT2D eigenvalue weighted by atomic mass is 16.5. The number of hydrogen-bond donors (Lipinski definition) is 1. The molecule has 0 heterocycles.